The molecule has 3 heterocycles. The molecular weight excluding hydrogens is 310 g/mol. The Bertz CT molecular complexity index is 760. The maximum Gasteiger partial charge on any atom is 0.303 e. The van der Waals surface area contributed by atoms with Crippen LogP contribution < -0.4 is 9.47 Å². The lowest BCUT2D eigenvalue weighted by atomic mass is 9.65. The van der Waals surface area contributed by atoms with Crippen LogP contribution in [0, 0.1) is 0 Å². The van der Waals surface area contributed by atoms with E-state index >= 15 is 0 Å². The van der Waals surface area contributed by atoms with Gasteiger partial charge >= 0.3 is 5.97 Å². The number of aliphatic hydroxyl groups is 1. The summed E-state index contributed by atoms with van der Waals surface area (Å²) in [5, 5.41) is 10.9. The molecule has 1 aromatic carbocycles. The van der Waals surface area contributed by atoms with Crippen LogP contribution in [0.4, 0.5) is 0 Å². The highest BCUT2D eigenvalue weighted by atomic mass is 16.7. The molecule has 1 saturated heterocycles. The molecule has 6 heteroatoms. The van der Waals surface area contributed by atoms with Crippen molar-refractivity contribution in [3.05, 3.63) is 35.4 Å². The second-order valence-electron chi connectivity index (χ2n) is 7.00. The first-order valence-electron chi connectivity index (χ1n) is 8.29. The summed E-state index contributed by atoms with van der Waals surface area (Å²) in [4.78, 5) is 13.6. The molecule has 0 spiro atoms. The van der Waals surface area contributed by atoms with Gasteiger partial charge in [-0.1, -0.05) is 6.08 Å². The second-order valence-corrected chi connectivity index (χ2v) is 7.00. The minimum Gasteiger partial charge on any atom is -0.458 e. The summed E-state index contributed by atoms with van der Waals surface area (Å²) in [6.45, 7) is 3.04. The molecule has 1 fully saturated rings. The molecule has 3 aliphatic heterocycles. The molecule has 5 atom stereocenters. The minimum absolute atomic E-state index is 0.120. The standard InChI is InChI=1S/C18H19NO5/c1-10(20)24-12-2-3-18-13-6-15-14(22-9-23-15)4-11(13)7-19(8-17(18)21)16(18)5-12/h2-4,6,12,16-17,21H,5,7-9H2,1H3/t12-,16+,17+,18+/m0/s1. The Hall–Kier alpha value is -2.05. The number of carbonyl (C=O) groups excluding carboxylic acids is 1. The van der Waals surface area contributed by atoms with Gasteiger partial charge in [0.2, 0.25) is 6.79 Å². The molecule has 5 rings (SSSR count). The number of hydrogen-bond donors (Lipinski definition) is 1. The quantitative estimate of drug-likeness (QED) is 0.615. The third-order valence-electron chi connectivity index (χ3n) is 5.75. The molecule has 6 nitrogen and oxygen atoms in total. The van der Waals surface area contributed by atoms with Crippen molar-refractivity contribution in [1.29, 1.82) is 0 Å². The van der Waals surface area contributed by atoms with E-state index in [9.17, 15) is 9.90 Å². The van der Waals surface area contributed by atoms with E-state index in [0.29, 0.717) is 13.0 Å². The number of aliphatic hydroxyl groups excluding tert-OH is 1. The van der Waals surface area contributed by atoms with E-state index in [1.54, 1.807) is 0 Å². The predicted octanol–water partition coefficient (Wildman–Crippen LogP) is 1.10. The molecule has 126 valence electrons. The Morgan fingerprint density at radius 2 is 2.17 bits per heavy atom. The first-order valence-corrected chi connectivity index (χ1v) is 8.29. The fraction of sp³-hybridized carbons (Fsp3) is 0.500. The number of fused-ring (bicyclic) bond motifs is 2. The summed E-state index contributed by atoms with van der Waals surface area (Å²) >= 11 is 0. The van der Waals surface area contributed by atoms with E-state index in [2.05, 4.69) is 4.90 Å². The van der Waals surface area contributed by atoms with Crippen LogP contribution in [0.15, 0.2) is 24.3 Å². The van der Waals surface area contributed by atoms with Crippen molar-refractivity contribution in [1.82, 2.24) is 4.90 Å². The lowest BCUT2D eigenvalue weighted by Crippen LogP contribution is -2.52. The second kappa shape index (κ2) is 4.74. The summed E-state index contributed by atoms with van der Waals surface area (Å²) in [6, 6.07) is 4.18. The number of benzene rings is 1. The van der Waals surface area contributed by atoms with E-state index in [1.807, 2.05) is 24.3 Å². The fourth-order valence-corrected chi connectivity index (χ4v) is 4.82. The Morgan fingerprint density at radius 3 is 2.96 bits per heavy atom. The predicted molar refractivity (Wildman–Crippen MR) is 83.8 cm³/mol. The van der Waals surface area contributed by atoms with Gasteiger partial charge in [-0.05, 0) is 29.3 Å². The zero-order chi connectivity index (χ0) is 16.5. The van der Waals surface area contributed by atoms with E-state index < -0.39 is 11.5 Å². The molecule has 2 bridgehead atoms. The highest BCUT2D eigenvalue weighted by Gasteiger charge is 2.58. The molecule has 0 saturated carbocycles. The first-order chi connectivity index (χ1) is 11.6. The van der Waals surface area contributed by atoms with E-state index in [0.717, 1.165) is 23.6 Å². The summed E-state index contributed by atoms with van der Waals surface area (Å²) in [5.74, 6) is 1.24. The van der Waals surface area contributed by atoms with Crippen molar-refractivity contribution in [2.24, 2.45) is 0 Å². The number of ether oxygens (including phenoxy) is 3. The molecule has 24 heavy (non-hydrogen) atoms. The third-order valence-corrected chi connectivity index (χ3v) is 5.75. The van der Waals surface area contributed by atoms with E-state index in [1.165, 1.54) is 12.5 Å². The Balaban J connectivity index is 1.63. The summed E-state index contributed by atoms with van der Waals surface area (Å²) < 4.78 is 16.4. The maximum absolute atomic E-state index is 11.3. The average molecular weight is 329 g/mol. The minimum atomic E-state index is -0.487. The zero-order valence-corrected chi connectivity index (χ0v) is 13.4. The van der Waals surface area contributed by atoms with Crippen LogP contribution in [0.25, 0.3) is 0 Å². The van der Waals surface area contributed by atoms with Crippen molar-refractivity contribution in [3.63, 3.8) is 0 Å². The molecule has 1 aliphatic carbocycles. The van der Waals surface area contributed by atoms with Gasteiger partial charge < -0.3 is 19.3 Å². The number of rotatable bonds is 1. The fourth-order valence-electron chi connectivity index (χ4n) is 4.82. The van der Waals surface area contributed by atoms with Crippen LogP contribution in [-0.4, -0.2) is 47.6 Å². The van der Waals surface area contributed by atoms with Gasteiger partial charge in [-0.15, -0.1) is 0 Å². The smallest absolute Gasteiger partial charge is 0.303 e. The lowest BCUT2D eigenvalue weighted by molar-refractivity contribution is -0.145. The van der Waals surface area contributed by atoms with Crippen molar-refractivity contribution in [3.8, 4) is 11.5 Å². The van der Waals surface area contributed by atoms with Crippen LogP contribution >= 0.6 is 0 Å². The maximum atomic E-state index is 11.3. The van der Waals surface area contributed by atoms with Crippen molar-refractivity contribution >= 4 is 5.97 Å². The van der Waals surface area contributed by atoms with Crippen molar-refractivity contribution in [2.75, 3.05) is 13.3 Å². The summed E-state index contributed by atoms with van der Waals surface area (Å²) in [7, 11) is 0. The zero-order valence-electron chi connectivity index (χ0n) is 13.4. The van der Waals surface area contributed by atoms with Gasteiger partial charge in [0.1, 0.15) is 6.10 Å². The number of carbonyl (C=O) groups is 1. The number of hydrogen-bond acceptors (Lipinski definition) is 6. The van der Waals surface area contributed by atoms with Crippen LogP contribution in [0.3, 0.4) is 0 Å². The van der Waals surface area contributed by atoms with Crippen LogP contribution in [0.5, 0.6) is 11.5 Å². The summed E-state index contributed by atoms with van der Waals surface area (Å²) in [5.41, 5.74) is 1.81. The van der Waals surface area contributed by atoms with Gasteiger partial charge in [-0.25, -0.2) is 0 Å². The monoisotopic (exact) mass is 329 g/mol. The molecule has 1 unspecified atom stereocenters. The molecular formula is C18H19NO5. The molecule has 0 amide bonds. The Kier molecular flexibility index (Phi) is 2.82. The van der Waals surface area contributed by atoms with Crippen LogP contribution in [0.2, 0.25) is 0 Å². The van der Waals surface area contributed by atoms with Gasteiger partial charge in [0.15, 0.2) is 11.5 Å². The Labute approximate surface area is 139 Å². The third kappa shape index (κ3) is 1.75. The molecule has 1 aromatic rings. The van der Waals surface area contributed by atoms with Gasteiger partial charge in [-0.2, -0.15) is 0 Å². The van der Waals surface area contributed by atoms with Gasteiger partial charge in [0.25, 0.3) is 0 Å². The van der Waals surface area contributed by atoms with Gasteiger partial charge in [0, 0.05) is 32.5 Å². The molecule has 4 aliphatic rings. The lowest BCUT2D eigenvalue weighted by Gasteiger charge is -2.46. The normalized spacial score (nSPS) is 37.8. The summed E-state index contributed by atoms with van der Waals surface area (Å²) in [6.07, 6.45) is 3.94. The molecule has 0 radical (unpaired) electrons. The highest BCUT2D eigenvalue weighted by molar-refractivity contribution is 5.66. The SMILES string of the molecule is CC(=O)O[C@H]1C=C[C@]23c4cc5c(cc4CN(C[C@H]2O)[C@@H]3C1)OCO5. The van der Waals surface area contributed by atoms with Crippen molar-refractivity contribution < 1.29 is 24.1 Å². The van der Waals surface area contributed by atoms with Crippen LogP contribution in [0.1, 0.15) is 24.5 Å². The Morgan fingerprint density at radius 1 is 1.38 bits per heavy atom. The molecule has 1 N–H and O–H groups in total. The first kappa shape index (κ1) is 14.3. The van der Waals surface area contributed by atoms with Gasteiger partial charge in [0.05, 0.1) is 11.5 Å². The van der Waals surface area contributed by atoms with E-state index in [-0.39, 0.29) is 24.9 Å². The highest BCUT2D eigenvalue weighted by Crippen LogP contribution is 2.53. The molecule has 0 aromatic heterocycles. The largest absolute Gasteiger partial charge is 0.458 e. The number of esters is 1. The average Bonchev–Trinajstić information content (AvgIpc) is 3.06. The number of nitrogens with zero attached hydrogens (tertiary/aromatic N) is 1. The van der Waals surface area contributed by atoms with E-state index in [4.69, 9.17) is 14.2 Å². The topological polar surface area (TPSA) is 68.2 Å². The van der Waals surface area contributed by atoms with Crippen LogP contribution in [-0.2, 0) is 21.5 Å². The van der Waals surface area contributed by atoms with Gasteiger partial charge in [-0.3, -0.25) is 9.69 Å². The van der Waals surface area contributed by atoms with Crippen molar-refractivity contribution in [2.45, 2.75) is 43.6 Å².